The quantitative estimate of drug-likeness (QED) is 0.782. The second-order valence-electron chi connectivity index (χ2n) is 4.55. The maximum atomic E-state index is 13.6. The molecule has 0 aliphatic heterocycles. The molecule has 5 nitrogen and oxygen atoms in total. The Hall–Kier alpha value is -2.65. The summed E-state index contributed by atoms with van der Waals surface area (Å²) in [5.74, 6) is 4.95. The number of rotatable bonds is 2. The molecular weight excluding hydrogens is 273 g/mol. The smallest absolute Gasteiger partial charge is 0.320 e. The highest BCUT2D eigenvalue weighted by atomic mass is 19.1. The Morgan fingerprint density at radius 3 is 2.81 bits per heavy atom. The Morgan fingerprint density at radius 1 is 1.33 bits per heavy atom. The predicted molar refractivity (Wildman–Crippen MR) is 77.5 cm³/mol. The molecular formula is C15H14FN3O2. The van der Waals surface area contributed by atoms with E-state index in [4.69, 9.17) is 5.73 Å². The number of nitrogens with two attached hydrogens (primary N) is 1. The molecule has 0 saturated heterocycles. The summed E-state index contributed by atoms with van der Waals surface area (Å²) < 4.78 is 14.9. The number of H-pyrrole nitrogens is 1. The van der Waals surface area contributed by atoms with Crippen LogP contribution in [0.5, 0.6) is 0 Å². The Labute approximate surface area is 120 Å². The molecule has 2 rings (SSSR count). The van der Waals surface area contributed by atoms with Crippen molar-refractivity contribution in [2.75, 3.05) is 6.54 Å². The fraction of sp³-hybridized carbons (Fsp3) is 0.200. The van der Waals surface area contributed by atoms with E-state index in [9.17, 15) is 14.0 Å². The lowest BCUT2D eigenvalue weighted by molar-refractivity contribution is 0.621. The van der Waals surface area contributed by atoms with Gasteiger partial charge in [-0.05, 0) is 30.7 Å². The monoisotopic (exact) mass is 287 g/mol. The number of halogens is 1. The van der Waals surface area contributed by atoms with E-state index in [0.29, 0.717) is 16.7 Å². The molecule has 1 aromatic carbocycles. The van der Waals surface area contributed by atoms with E-state index in [1.807, 2.05) is 0 Å². The van der Waals surface area contributed by atoms with Gasteiger partial charge in [0.05, 0.1) is 13.1 Å². The first-order chi connectivity index (χ1) is 9.99. The second kappa shape index (κ2) is 6.20. The molecule has 3 N–H and O–H groups in total. The van der Waals surface area contributed by atoms with E-state index in [1.54, 1.807) is 13.0 Å². The zero-order valence-electron chi connectivity index (χ0n) is 11.4. The first-order valence-electron chi connectivity index (χ1n) is 6.28. The summed E-state index contributed by atoms with van der Waals surface area (Å²) in [6.07, 6.45) is 1.44. The SMILES string of the molecule is Cc1cn(Cc2cc(F)cc(C#CCN)c2)c(=O)[nH]c1=O. The van der Waals surface area contributed by atoms with Crippen molar-refractivity contribution in [2.45, 2.75) is 13.5 Å². The van der Waals surface area contributed by atoms with E-state index < -0.39 is 17.1 Å². The number of aromatic amines is 1. The number of nitrogens with zero attached hydrogens (tertiary/aromatic N) is 1. The minimum atomic E-state index is -0.538. The average molecular weight is 287 g/mol. The zero-order valence-corrected chi connectivity index (χ0v) is 11.4. The highest BCUT2D eigenvalue weighted by Gasteiger charge is 2.04. The highest BCUT2D eigenvalue weighted by molar-refractivity contribution is 5.38. The van der Waals surface area contributed by atoms with E-state index in [0.717, 1.165) is 0 Å². The fourth-order valence-electron chi connectivity index (χ4n) is 1.90. The van der Waals surface area contributed by atoms with Crippen LogP contribution in [0.2, 0.25) is 0 Å². The minimum absolute atomic E-state index is 0.144. The van der Waals surface area contributed by atoms with Crippen LogP contribution < -0.4 is 17.0 Å². The number of hydrogen-bond acceptors (Lipinski definition) is 3. The molecule has 1 heterocycles. The summed E-state index contributed by atoms with van der Waals surface area (Å²) in [6, 6.07) is 4.30. The highest BCUT2D eigenvalue weighted by Crippen LogP contribution is 2.09. The van der Waals surface area contributed by atoms with E-state index >= 15 is 0 Å². The van der Waals surface area contributed by atoms with Crippen LogP contribution in [0.3, 0.4) is 0 Å². The fourth-order valence-corrected chi connectivity index (χ4v) is 1.90. The molecule has 0 unspecified atom stereocenters. The number of hydrogen-bond donors (Lipinski definition) is 2. The first-order valence-corrected chi connectivity index (χ1v) is 6.28. The molecule has 1 aromatic heterocycles. The third kappa shape index (κ3) is 3.68. The zero-order chi connectivity index (χ0) is 15.4. The molecule has 0 aliphatic carbocycles. The third-order valence-electron chi connectivity index (χ3n) is 2.83. The van der Waals surface area contributed by atoms with Crippen LogP contribution in [0.1, 0.15) is 16.7 Å². The normalized spacial score (nSPS) is 10.0. The molecule has 0 radical (unpaired) electrons. The summed E-state index contributed by atoms with van der Waals surface area (Å²) in [4.78, 5) is 25.2. The Kier molecular flexibility index (Phi) is 4.36. The van der Waals surface area contributed by atoms with Gasteiger partial charge in [-0.25, -0.2) is 9.18 Å². The van der Waals surface area contributed by atoms with Gasteiger partial charge < -0.3 is 5.73 Å². The van der Waals surface area contributed by atoms with Gasteiger partial charge in [-0.15, -0.1) is 0 Å². The van der Waals surface area contributed by atoms with Gasteiger partial charge in [0, 0.05) is 17.3 Å². The number of benzene rings is 1. The first kappa shape index (κ1) is 14.8. The van der Waals surface area contributed by atoms with Crippen molar-refractivity contribution < 1.29 is 4.39 Å². The van der Waals surface area contributed by atoms with Crippen LogP contribution in [0, 0.1) is 24.6 Å². The molecule has 0 amide bonds. The molecule has 0 bridgehead atoms. The second-order valence-corrected chi connectivity index (χ2v) is 4.55. The van der Waals surface area contributed by atoms with Crippen molar-refractivity contribution >= 4 is 0 Å². The van der Waals surface area contributed by atoms with Crippen LogP contribution in [0.25, 0.3) is 0 Å². The van der Waals surface area contributed by atoms with Gasteiger partial charge in [-0.1, -0.05) is 11.8 Å². The maximum absolute atomic E-state index is 13.6. The molecule has 0 fully saturated rings. The maximum Gasteiger partial charge on any atom is 0.328 e. The largest absolute Gasteiger partial charge is 0.328 e. The lowest BCUT2D eigenvalue weighted by Crippen LogP contribution is -2.31. The standard InChI is InChI=1S/C15H14FN3O2/c1-10-8-19(15(21)18-14(10)20)9-12-5-11(3-2-4-17)6-13(16)7-12/h5-8H,4,9,17H2,1H3,(H,18,20,21). The Balaban J connectivity index is 2.40. The predicted octanol–water partition coefficient (Wildman–Crippen LogP) is 0.343. The topological polar surface area (TPSA) is 80.9 Å². The van der Waals surface area contributed by atoms with Crippen LogP contribution in [-0.4, -0.2) is 16.1 Å². The van der Waals surface area contributed by atoms with Crippen molar-refractivity contribution in [1.29, 1.82) is 0 Å². The summed E-state index contributed by atoms with van der Waals surface area (Å²) in [5.41, 5.74) is 5.79. The van der Waals surface area contributed by atoms with Crippen molar-refractivity contribution in [3.63, 3.8) is 0 Å². The van der Waals surface area contributed by atoms with E-state index in [1.165, 1.54) is 22.9 Å². The van der Waals surface area contributed by atoms with Crippen LogP contribution in [0.4, 0.5) is 4.39 Å². The van der Waals surface area contributed by atoms with Crippen LogP contribution >= 0.6 is 0 Å². The molecule has 6 heteroatoms. The third-order valence-corrected chi connectivity index (χ3v) is 2.83. The lowest BCUT2D eigenvalue weighted by atomic mass is 10.1. The van der Waals surface area contributed by atoms with Crippen molar-refractivity contribution in [3.8, 4) is 11.8 Å². The van der Waals surface area contributed by atoms with Gasteiger partial charge in [0.25, 0.3) is 5.56 Å². The molecule has 0 atom stereocenters. The van der Waals surface area contributed by atoms with Gasteiger partial charge in [-0.3, -0.25) is 14.3 Å². The molecule has 0 spiro atoms. The van der Waals surface area contributed by atoms with Gasteiger partial charge in [-0.2, -0.15) is 0 Å². The Morgan fingerprint density at radius 2 is 2.10 bits per heavy atom. The van der Waals surface area contributed by atoms with Crippen LogP contribution in [-0.2, 0) is 6.54 Å². The van der Waals surface area contributed by atoms with Crippen molar-refractivity contribution in [3.05, 3.63) is 67.7 Å². The summed E-state index contributed by atoms with van der Waals surface area (Å²) in [6.45, 7) is 1.93. The van der Waals surface area contributed by atoms with Gasteiger partial charge in [0.1, 0.15) is 5.82 Å². The molecule has 2 aromatic rings. The summed E-state index contributed by atoms with van der Waals surface area (Å²) in [5, 5.41) is 0. The van der Waals surface area contributed by atoms with E-state index in [-0.39, 0.29) is 13.1 Å². The number of aromatic nitrogens is 2. The Bertz CT molecular complexity index is 840. The van der Waals surface area contributed by atoms with Crippen molar-refractivity contribution in [1.82, 2.24) is 9.55 Å². The molecule has 0 aliphatic rings. The van der Waals surface area contributed by atoms with Gasteiger partial charge in [0.15, 0.2) is 0 Å². The minimum Gasteiger partial charge on any atom is -0.320 e. The van der Waals surface area contributed by atoms with E-state index in [2.05, 4.69) is 16.8 Å². The average Bonchev–Trinajstić information content (AvgIpc) is 2.42. The molecule has 21 heavy (non-hydrogen) atoms. The number of nitrogens with one attached hydrogen (secondary N) is 1. The van der Waals surface area contributed by atoms with Gasteiger partial charge in [0.2, 0.25) is 0 Å². The summed E-state index contributed by atoms with van der Waals surface area (Å²) in [7, 11) is 0. The van der Waals surface area contributed by atoms with Crippen molar-refractivity contribution in [2.24, 2.45) is 5.73 Å². The number of aryl methyl sites for hydroxylation is 1. The molecule has 108 valence electrons. The van der Waals surface area contributed by atoms with Gasteiger partial charge >= 0.3 is 5.69 Å². The summed E-state index contributed by atoms with van der Waals surface area (Å²) >= 11 is 0. The lowest BCUT2D eigenvalue weighted by Gasteiger charge is -2.07. The van der Waals surface area contributed by atoms with Crippen LogP contribution in [0.15, 0.2) is 34.0 Å². The molecule has 0 saturated carbocycles.